The number of benzene rings is 2. The number of ether oxygens (including phenoxy) is 2. The van der Waals surface area contributed by atoms with Crippen LogP contribution in [0.2, 0.25) is 0 Å². The minimum atomic E-state index is -1.12. The standard InChI is InChI=1S/C29H29N3O5/c1-28(2,27(35)32-16-15-29(18-32)23-8-6-5-7-22(23)26(34)37-29)36-21-12-9-19(10-13-21)20-11-14-24(30-17-20)25(33)31(3)4/h5-14,17H,15-16,18H2,1-4H3/t29-/m0/s1. The lowest BCUT2D eigenvalue weighted by atomic mass is 9.91. The van der Waals surface area contributed by atoms with Gasteiger partial charge >= 0.3 is 5.97 Å². The Morgan fingerprint density at radius 3 is 2.41 bits per heavy atom. The number of esters is 1. The van der Waals surface area contributed by atoms with Crippen LogP contribution in [-0.2, 0) is 15.1 Å². The highest BCUT2D eigenvalue weighted by Crippen LogP contribution is 2.43. The molecule has 2 aliphatic rings. The van der Waals surface area contributed by atoms with E-state index in [1.165, 1.54) is 4.90 Å². The Morgan fingerprint density at radius 1 is 1.03 bits per heavy atom. The van der Waals surface area contributed by atoms with Crippen molar-refractivity contribution in [2.45, 2.75) is 31.5 Å². The zero-order valence-electron chi connectivity index (χ0n) is 21.4. The molecule has 0 bridgehead atoms. The number of pyridine rings is 1. The largest absolute Gasteiger partial charge is 0.478 e. The van der Waals surface area contributed by atoms with Gasteiger partial charge in [-0.3, -0.25) is 14.6 Å². The van der Waals surface area contributed by atoms with Crippen molar-refractivity contribution in [1.29, 1.82) is 0 Å². The van der Waals surface area contributed by atoms with E-state index in [9.17, 15) is 14.4 Å². The first-order valence-corrected chi connectivity index (χ1v) is 12.2. The first-order valence-electron chi connectivity index (χ1n) is 12.2. The number of rotatable bonds is 5. The van der Waals surface area contributed by atoms with E-state index in [-0.39, 0.29) is 17.8 Å². The Bertz CT molecular complexity index is 1370. The summed E-state index contributed by atoms with van der Waals surface area (Å²) in [7, 11) is 3.38. The van der Waals surface area contributed by atoms with Gasteiger partial charge in [-0.25, -0.2) is 4.79 Å². The highest BCUT2D eigenvalue weighted by atomic mass is 16.6. The Hall–Kier alpha value is -4.20. The molecule has 37 heavy (non-hydrogen) atoms. The zero-order chi connectivity index (χ0) is 26.4. The van der Waals surface area contributed by atoms with Crippen LogP contribution in [0.1, 0.15) is 46.7 Å². The smallest absolute Gasteiger partial charge is 0.339 e. The van der Waals surface area contributed by atoms with E-state index < -0.39 is 11.2 Å². The molecule has 0 radical (unpaired) electrons. The third-order valence-corrected chi connectivity index (χ3v) is 6.91. The number of aromatic nitrogens is 1. The van der Waals surface area contributed by atoms with Gasteiger partial charge in [-0.05, 0) is 43.7 Å². The van der Waals surface area contributed by atoms with Gasteiger partial charge in [0.1, 0.15) is 11.4 Å². The lowest BCUT2D eigenvalue weighted by molar-refractivity contribution is -0.145. The Labute approximate surface area is 215 Å². The van der Waals surface area contributed by atoms with Gasteiger partial charge in [-0.15, -0.1) is 0 Å². The van der Waals surface area contributed by atoms with Gasteiger partial charge in [-0.2, -0.15) is 0 Å². The normalized spacial score (nSPS) is 18.5. The van der Waals surface area contributed by atoms with Crippen molar-refractivity contribution in [2.75, 3.05) is 27.2 Å². The van der Waals surface area contributed by atoms with Crippen molar-refractivity contribution < 1.29 is 23.9 Å². The predicted molar refractivity (Wildman–Crippen MR) is 137 cm³/mol. The van der Waals surface area contributed by atoms with E-state index >= 15 is 0 Å². The van der Waals surface area contributed by atoms with Crippen molar-refractivity contribution >= 4 is 17.8 Å². The first kappa shape index (κ1) is 24.5. The summed E-state index contributed by atoms with van der Waals surface area (Å²) in [5.74, 6) is -0.101. The summed E-state index contributed by atoms with van der Waals surface area (Å²) < 4.78 is 11.9. The maximum atomic E-state index is 13.4. The van der Waals surface area contributed by atoms with Crippen molar-refractivity contribution in [3.63, 3.8) is 0 Å². The molecular weight excluding hydrogens is 470 g/mol. The Balaban J connectivity index is 1.26. The molecule has 3 heterocycles. The first-order chi connectivity index (χ1) is 17.6. The van der Waals surface area contributed by atoms with E-state index in [1.54, 1.807) is 51.2 Å². The van der Waals surface area contributed by atoms with Gasteiger partial charge in [0.2, 0.25) is 0 Å². The monoisotopic (exact) mass is 499 g/mol. The summed E-state index contributed by atoms with van der Waals surface area (Å²) in [4.78, 5) is 45.3. The van der Waals surface area contributed by atoms with Gasteiger partial charge < -0.3 is 19.3 Å². The van der Waals surface area contributed by atoms with Crippen molar-refractivity contribution in [1.82, 2.24) is 14.8 Å². The minimum Gasteiger partial charge on any atom is -0.478 e. The molecule has 0 N–H and O–H groups in total. The second-order valence-electron chi connectivity index (χ2n) is 10.2. The maximum Gasteiger partial charge on any atom is 0.339 e. The van der Waals surface area contributed by atoms with Crippen LogP contribution in [0.3, 0.4) is 0 Å². The van der Waals surface area contributed by atoms with Crippen molar-refractivity contribution in [3.05, 3.63) is 83.7 Å². The number of likely N-dealkylation sites (tertiary alicyclic amines) is 1. The van der Waals surface area contributed by atoms with Gasteiger partial charge in [0.05, 0.1) is 12.1 Å². The molecular formula is C29H29N3O5. The fourth-order valence-corrected chi connectivity index (χ4v) is 4.96. The van der Waals surface area contributed by atoms with Gasteiger partial charge in [0.25, 0.3) is 11.8 Å². The van der Waals surface area contributed by atoms with E-state index in [0.29, 0.717) is 36.5 Å². The Kier molecular flexibility index (Phi) is 5.98. The molecule has 2 amide bonds. The number of hydrogen-bond acceptors (Lipinski definition) is 6. The molecule has 1 fully saturated rings. The predicted octanol–water partition coefficient (Wildman–Crippen LogP) is 3.91. The fourth-order valence-electron chi connectivity index (χ4n) is 4.96. The lowest BCUT2D eigenvalue weighted by Crippen LogP contribution is -2.49. The summed E-state index contributed by atoms with van der Waals surface area (Å²) in [5, 5.41) is 0. The fraction of sp³-hybridized carbons (Fsp3) is 0.310. The summed E-state index contributed by atoms with van der Waals surface area (Å²) in [6, 6.07) is 18.3. The Morgan fingerprint density at radius 2 is 1.73 bits per heavy atom. The number of carbonyl (C=O) groups excluding carboxylic acids is 3. The topological polar surface area (TPSA) is 89.0 Å². The molecule has 1 aromatic heterocycles. The minimum absolute atomic E-state index is 0.151. The molecule has 0 saturated carbocycles. The SMILES string of the molecule is CN(C)C(=O)c1ccc(-c2ccc(OC(C)(C)C(=O)N3CC[C@@]4(C3)OC(=O)c3ccccc34)cc2)cn1. The highest BCUT2D eigenvalue weighted by Gasteiger charge is 2.52. The molecule has 0 aliphatic carbocycles. The third kappa shape index (κ3) is 4.43. The van der Waals surface area contributed by atoms with Gasteiger partial charge in [0.15, 0.2) is 11.2 Å². The summed E-state index contributed by atoms with van der Waals surface area (Å²) in [5.41, 5.74) is 1.67. The zero-order valence-corrected chi connectivity index (χ0v) is 21.4. The second kappa shape index (κ2) is 9.03. The van der Waals surface area contributed by atoms with E-state index in [2.05, 4.69) is 4.98 Å². The average molecular weight is 500 g/mol. The van der Waals surface area contributed by atoms with Crippen LogP contribution >= 0.6 is 0 Å². The number of carbonyl (C=O) groups is 3. The third-order valence-electron chi connectivity index (χ3n) is 6.91. The van der Waals surface area contributed by atoms with Crippen LogP contribution in [0, 0.1) is 0 Å². The van der Waals surface area contributed by atoms with Crippen molar-refractivity contribution in [3.8, 4) is 16.9 Å². The van der Waals surface area contributed by atoms with Crippen LogP contribution in [0.15, 0.2) is 66.9 Å². The number of hydrogen-bond donors (Lipinski definition) is 0. The van der Waals surface area contributed by atoms with Crippen molar-refractivity contribution in [2.24, 2.45) is 0 Å². The number of fused-ring (bicyclic) bond motifs is 2. The van der Waals surface area contributed by atoms with Gasteiger partial charge in [0, 0.05) is 44.4 Å². The van der Waals surface area contributed by atoms with Gasteiger partial charge in [-0.1, -0.05) is 36.4 Å². The van der Waals surface area contributed by atoms with Crippen LogP contribution < -0.4 is 4.74 Å². The summed E-state index contributed by atoms with van der Waals surface area (Å²) in [6.07, 6.45) is 2.22. The molecule has 0 unspecified atom stereocenters. The maximum absolute atomic E-state index is 13.4. The summed E-state index contributed by atoms with van der Waals surface area (Å²) in [6.45, 7) is 4.27. The van der Waals surface area contributed by atoms with Crippen LogP contribution in [0.5, 0.6) is 5.75 Å². The van der Waals surface area contributed by atoms with Crippen LogP contribution in [0.4, 0.5) is 0 Å². The van der Waals surface area contributed by atoms with Crippen LogP contribution in [-0.4, -0.2) is 65.4 Å². The number of amides is 2. The molecule has 2 aliphatic heterocycles. The van der Waals surface area contributed by atoms with E-state index in [4.69, 9.17) is 9.47 Å². The lowest BCUT2D eigenvalue weighted by Gasteiger charge is -2.31. The molecule has 2 aromatic carbocycles. The summed E-state index contributed by atoms with van der Waals surface area (Å²) >= 11 is 0. The van der Waals surface area contributed by atoms with E-state index in [0.717, 1.165) is 16.7 Å². The molecule has 3 aromatic rings. The molecule has 5 rings (SSSR count). The second-order valence-corrected chi connectivity index (χ2v) is 10.2. The average Bonchev–Trinajstić information content (AvgIpc) is 3.44. The van der Waals surface area contributed by atoms with E-state index in [1.807, 2.05) is 48.5 Å². The molecule has 1 saturated heterocycles. The number of nitrogens with zero attached hydrogens (tertiary/aromatic N) is 3. The molecule has 8 nitrogen and oxygen atoms in total. The highest BCUT2D eigenvalue weighted by molar-refractivity contribution is 5.95. The molecule has 1 spiro atoms. The quantitative estimate of drug-likeness (QED) is 0.495. The molecule has 1 atom stereocenters. The molecule has 8 heteroatoms. The van der Waals surface area contributed by atoms with Crippen LogP contribution in [0.25, 0.3) is 11.1 Å². The molecule has 190 valence electrons.